The molecule has 10 aromatic rings. The third kappa shape index (κ3) is 3.89. The molecule has 2 aliphatic rings. The van der Waals surface area contributed by atoms with E-state index in [1.165, 1.54) is 15.7 Å². The van der Waals surface area contributed by atoms with Gasteiger partial charge >= 0.3 is 0 Å². The van der Waals surface area contributed by atoms with Gasteiger partial charge in [-0.25, -0.2) is 4.98 Å². The summed E-state index contributed by atoms with van der Waals surface area (Å²) < 4.78 is 36.1. The number of para-hydroxylation sites is 4. The number of ether oxygens (including phenoxy) is 1. The van der Waals surface area contributed by atoms with E-state index in [0.717, 1.165) is 77.3 Å². The number of benzene rings is 6. The molecule has 6 aromatic carbocycles. The Hall–Kier alpha value is -5.84. The summed E-state index contributed by atoms with van der Waals surface area (Å²) in [4.78, 5) is 8.37. The predicted molar refractivity (Wildman–Crippen MR) is 211 cm³/mol. The molecule has 6 heterocycles. The van der Waals surface area contributed by atoms with Crippen molar-refractivity contribution in [2.75, 3.05) is 16.8 Å². The molecule has 0 unspecified atom stereocenters. The summed E-state index contributed by atoms with van der Waals surface area (Å²) in [6, 6.07) is 46.9. The van der Waals surface area contributed by atoms with E-state index in [-0.39, 0.29) is 21.1 Å². The fourth-order valence-corrected chi connectivity index (χ4v) is 9.05. The molecule has 0 bridgehead atoms. The molecule has 258 valence electrons. The van der Waals surface area contributed by atoms with Gasteiger partial charge in [0.25, 0.3) is 0 Å². The molecule has 0 amide bonds. The number of pyridine rings is 1. The van der Waals surface area contributed by atoms with Gasteiger partial charge in [-0.05, 0) is 53.7 Å². The molecule has 0 fully saturated rings. The topological polar surface area (TPSA) is 37.4 Å². The number of hydrogen-bond acceptors (Lipinski definition) is 4. The molecule has 6 nitrogen and oxygen atoms in total. The summed E-state index contributed by atoms with van der Waals surface area (Å²) in [7, 11) is 0. The van der Waals surface area contributed by atoms with Crippen LogP contribution in [0.2, 0.25) is 0 Å². The van der Waals surface area contributed by atoms with E-state index in [4.69, 9.17) is 13.8 Å². The third-order valence-electron chi connectivity index (χ3n) is 11.3. The minimum atomic E-state index is -2.34. The molecule has 53 heavy (non-hydrogen) atoms. The van der Waals surface area contributed by atoms with Crippen molar-refractivity contribution >= 4 is 82.6 Å². The Morgan fingerprint density at radius 1 is 0.660 bits per heavy atom. The Kier molecular flexibility index (Phi) is 5.56. The van der Waals surface area contributed by atoms with Gasteiger partial charge in [0.15, 0.2) is 0 Å². The van der Waals surface area contributed by atoms with Crippen molar-refractivity contribution in [1.82, 2.24) is 13.8 Å². The van der Waals surface area contributed by atoms with E-state index >= 15 is 0 Å². The van der Waals surface area contributed by atoms with Gasteiger partial charge in [-0.2, -0.15) is 18.8 Å². The van der Waals surface area contributed by atoms with Gasteiger partial charge in [0.05, 0.1) is 22.1 Å². The quantitative estimate of drug-likeness (QED) is 0.162. The molecule has 7 heteroatoms. The fraction of sp³-hybridized carbons (Fsp3) is 0.0870. The van der Waals surface area contributed by atoms with Crippen LogP contribution in [0.3, 0.4) is 0 Å². The smallest absolute Gasteiger partial charge is 0.143 e. The zero-order chi connectivity index (χ0) is 37.0. The zero-order valence-corrected chi connectivity index (χ0v) is 30.9. The van der Waals surface area contributed by atoms with Gasteiger partial charge in [-0.15, -0.1) is 35.2 Å². The minimum absolute atomic E-state index is 0. The fourth-order valence-electron chi connectivity index (χ4n) is 9.05. The maximum Gasteiger partial charge on any atom is 0.143 e. The normalized spacial score (nSPS) is 15.6. The van der Waals surface area contributed by atoms with E-state index in [0.29, 0.717) is 17.2 Å². The van der Waals surface area contributed by atoms with Gasteiger partial charge in [0.1, 0.15) is 5.65 Å². The maximum absolute atomic E-state index is 8.26. The van der Waals surface area contributed by atoms with Crippen LogP contribution in [0, 0.1) is 18.8 Å². The number of anilines is 3. The molecule has 0 N–H and O–H groups in total. The van der Waals surface area contributed by atoms with Crippen LogP contribution in [0.25, 0.3) is 65.5 Å². The first kappa shape index (κ1) is 27.8. The Balaban J connectivity index is 0.00000363. The first-order valence-corrected chi connectivity index (χ1v) is 17.5. The van der Waals surface area contributed by atoms with Crippen LogP contribution in [0.4, 0.5) is 17.1 Å². The summed E-state index contributed by atoms with van der Waals surface area (Å²) in [5.74, 6) is 1.04. The van der Waals surface area contributed by atoms with Crippen LogP contribution < -0.4 is 14.5 Å². The van der Waals surface area contributed by atoms with Crippen LogP contribution >= 0.6 is 0 Å². The molecule has 0 aliphatic carbocycles. The molecule has 0 spiro atoms. The number of rotatable bonds is 2. The van der Waals surface area contributed by atoms with E-state index in [1.54, 1.807) is 6.67 Å². The van der Waals surface area contributed by atoms with Crippen molar-refractivity contribution < 1.29 is 29.9 Å². The van der Waals surface area contributed by atoms with Gasteiger partial charge in [0.2, 0.25) is 0 Å². The first-order valence-electron chi connectivity index (χ1n) is 19.0. The Morgan fingerprint density at radius 3 is 2.26 bits per heavy atom. The standard InChI is InChI=1S/C46H30N5O.Pt/c1-46(2)35-22-20-28(25-41(35)49-26-48(3)38-17-8-15-36(46)44(38)49)52-27-19-21-30-32-13-7-18-39-43(32)51(40(30)24-27)45-34(14-9-23-47-45)33-12-6-11-31-29-10-4-5-16-37(29)50(39)42(31)33;/h4-23,26H,1-3H3;/q-3;/i3D3;. The molecule has 0 saturated heterocycles. The summed E-state index contributed by atoms with van der Waals surface area (Å²) >= 11 is 0. The van der Waals surface area contributed by atoms with E-state index < -0.39 is 12.4 Å². The largest absolute Gasteiger partial charge is 0.509 e. The SMILES string of the molecule is [2H]C([2H])([2H])N1[CH-]N2c3[c-]c(Oc4[c-]c5c(cc4)c4cccc6c4n5c4ncccc4c4cccc5c7ccccc7n6c54)ccc3C(C)(C)c3cccc1c32.[Pt]. The second-order valence-corrected chi connectivity index (χ2v) is 14.4. The molecule has 0 atom stereocenters. The van der Waals surface area contributed by atoms with Crippen molar-refractivity contribution in [3.05, 3.63) is 151 Å². The van der Waals surface area contributed by atoms with Crippen molar-refractivity contribution in [2.24, 2.45) is 0 Å². The Morgan fingerprint density at radius 2 is 1.38 bits per heavy atom. The molecule has 4 aromatic heterocycles. The predicted octanol–water partition coefficient (Wildman–Crippen LogP) is 11.1. The minimum Gasteiger partial charge on any atom is -0.509 e. The number of aromatic nitrogens is 3. The Labute approximate surface area is 323 Å². The van der Waals surface area contributed by atoms with E-state index in [2.05, 4.69) is 120 Å². The zero-order valence-electron chi connectivity index (χ0n) is 31.6. The Bertz CT molecular complexity index is 3330. The summed E-state index contributed by atoms with van der Waals surface area (Å²) in [6.07, 6.45) is 1.85. The molecular formula is C46H30N5OPt-3. The number of hydrogen-bond donors (Lipinski definition) is 0. The van der Waals surface area contributed by atoms with Gasteiger partial charge in [-0.1, -0.05) is 85.7 Å². The van der Waals surface area contributed by atoms with Crippen LogP contribution in [-0.2, 0) is 26.5 Å². The van der Waals surface area contributed by atoms with Gasteiger partial charge < -0.3 is 23.3 Å². The summed E-state index contributed by atoms with van der Waals surface area (Å²) in [5.41, 5.74) is 10.1. The second-order valence-electron chi connectivity index (χ2n) is 14.4. The van der Waals surface area contributed by atoms with Crippen LogP contribution in [0.5, 0.6) is 11.5 Å². The van der Waals surface area contributed by atoms with E-state index in [9.17, 15) is 0 Å². The maximum atomic E-state index is 8.26. The summed E-state index contributed by atoms with van der Waals surface area (Å²) in [6.45, 7) is 3.66. The van der Waals surface area contributed by atoms with Gasteiger partial charge in [-0.3, -0.25) is 0 Å². The molecule has 2 aliphatic heterocycles. The molecule has 12 rings (SSSR count). The van der Waals surface area contributed by atoms with Crippen LogP contribution in [0.1, 0.15) is 29.1 Å². The number of fused-ring (bicyclic) bond motifs is 12. The average Bonchev–Trinajstić information content (AvgIpc) is 3.85. The van der Waals surface area contributed by atoms with Crippen molar-refractivity contribution in [1.29, 1.82) is 0 Å². The number of nitrogens with zero attached hydrogens (tertiary/aromatic N) is 5. The summed E-state index contributed by atoms with van der Waals surface area (Å²) in [5, 5.41) is 6.68. The van der Waals surface area contributed by atoms with Crippen LogP contribution in [-0.4, -0.2) is 20.8 Å². The molecule has 0 saturated carbocycles. The average molecular weight is 867 g/mol. The van der Waals surface area contributed by atoms with Crippen molar-refractivity contribution in [3.63, 3.8) is 0 Å². The molecular weight excluding hydrogens is 834 g/mol. The third-order valence-corrected chi connectivity index (χ3v) is 11.3. The van der Waals surface area contributed by atoms with Crippen molar-refractivity contribution in [2.45, 2.75) is 19.3 Å². The second kappa shape index (κ2) is 10.6. The van der Waals surface area contributed by atoms with E-state index in [1.807, 2.05) is 41.4 Å². The van der Waals surface area contributed by atoms with Crippen LogP contribution in [0.15, 0.2) is 121 Å². The van der Waals surface area contributed by atoms with Crippen molar-refractivity contribution in [3.8, 4) is 11.5 Å². The monoisotopic (exact) mass is 866 g/mol. The molecule has 0 radical (unpaired) electrons. The first-order chi connectivity index (χ1) is 26.7. The van der Waals surface area contributed by atoms with Gasteiger partial charge in [0, 0.05) is 75.8 Å².